The number of benzene rings is 5. The molecule has 38 heavy (non-hydrogen) atoms. The minimum Gasteiger partial charge on any atom is -0.455 e. The van der Waals surface area contributed by atoms with E-state index in [1.165, 1.54) is 38.2 Å². The minimum absolute atomic E-state index is 0.406. The highest BCUT2D eigenvalue weighted by molar-refractivity contribution is 6.10. The van der Waals surface area contributed by atoms with Crippen LogP contribution in [-0.4, -0.2) is 0 Å². The number of allylic oxidation sites excluding steroid dienone is 3. The lowest BCUT2D eigenvalue weighted by Crippen LogP contribution is -2.04. The van der Waals surface area contributed by atoms with E-state index in [1.807, 2.05) is 0 Å². The molecule has 7 rings (SSSR count). The average molecular weight is 492 g/mol. The van der Waals surface area contributed by atoms with Gasteiger partial charge in [-0.3, -0.25) is 0 Å². The van der Waals surface area contributed by atoms with Crippen molar-refractivity contribution in [2.75, 3.05) is 5.32 Å². The van der Waals surface area contributed by atoms with E-state index in [2.05, 4.69) is 134 Å². The Morgan fingerprint density at radius 3 is 2.37 bits per heavy atom. The summed E-state index contributed by atoms with van der Waals surface area (Å²) in [5.74, 6) is 0.406. The Kier molecular flexibility index (Phi) is 5.40. The van der Waals surface area contributed by atoms with Gasteiger partial charge in [0.05, 0.1) is 0 Å². The fourth-order valence-corrected chi connectivity index (χ4v) is 5.65. The molecule has 0 radical (unpaired) electrons. The van der Waals surface area contributed by atoms with E-state index in [1.54, 1.807) is 0 Å². The van der Waals surface area contributed by atoms with Crippen molar-refractivity contribution >= 4 is 38.4 Å². The first-order valence-corrected chi connectivity index (χ1v) is 13.3. The quantitative estimate of drug-likeness (QED) is 0.265. The zero-order chi connectivity index (χ0) is 25.6. The normalized spacial score (nSPS) is 15.3. The van der Waals surface area contributed by atoms with Gasteiger partial charge in [-0.2, -0.15) is 0 Å². The molecule has 5 aromatic carbocycles. The van der Waals surface area contributed by atoms with Crippen LogP contribution in [0, 0.1) is 13.8 Å². The van der Waals surface area contributed by atoms with Crippen LogP contribution >= 0.6 is 0 Å². The lowest BCUT2D eigenvalue weighted by atomic mass is 9.90. The van der Waals surface area contributed by atoms with Crippen LogP contribution in [0.2, 0.25) is 0 Å². The maximum Gasteiger partial charge on any atom is 0.143 e. The van der Waals surface area contributed by atoms with Gasteiger partial charge in [0.2, 0.25) is 0 Å². The van der Waals surface area contributed by atoms with Gasteiger partial charge in [0.1, 0.15) is 11.2 Å². The van der Waals surface area contributed by atoms with Gasteiger partial charge >= 0.3 is 0 Å². The van der Waals surface area contributed by atoms with Crippen molar-refractivity contribution in [3.05, 3.63) is 138 Å². The number of furan rings is 1. The molecule has 0 amide bonds. The molecule has 184 valence electrons. The van der Waals surface area contributed by atoms with Crippen molar-refractivity contribution in [3.63, 3.8) is 0 Å². The summed E-state index contributed by atoms with van der Waals surface area (Å²) >= 11 is 0. The summed E-state index contributed by atoms with van der Waals surface area (Å²) in [6.45, 7) is 4.28. The monoisotopic (exact) mass is 491 g/mol. The van der Waals surface area contributed by atoms with Crippen LogP contribution in [-0.2, 0) is 0 Å². The van der Waals surface area contributed by atoms with Crippen molar-refractivity contribution in [1.82, 2.24) is 0 Å². The molecule has 1 aliphatic rings. The Morgan fingerprint density at radius 2 is 1.55 bits per heavy atom. The summed E-state index contributed by atoms with van der Waals surface area (Å²) in [5.41, 5.74) is 10.2. The Hall–Kier alpha value is -4.56. The number of hydrogen-bond donors (Lipinski definition) is 1. The lowest BCUT2D eigenvalue weighted by Gasteiger charge is -2.18. The van der Waals surface area contributed by atoms with Crippen molar-refractivity contribution in [2.45, 2.75) is 26.2 Å². The van der Waals surface area contributed by atoms with Crippen LogP contribution in [0.25, 0.3) is 43.8 Å². The molecule has 1 aliphatic carbocycles. The van der Waals surface area contributed by atoms with Gasteiger partial charge in [-0.05, 0) is 90.2 Å². The Morgan fingerprint density at radius 1 is 0.737 bits per heavy atom. The van der Waals surface area contributed by atoms with Crippen LogP contribution < -0.4 is 5.32 Å². The summed E-state index contributed by atoms with van der Waals surface area (Å²) in [5, 5.41) is 8.54. The molecule has 1 atom stereocenters. The van der Waals surface area contributed by atoms with Gasteiger partial charge in [-0.15, -0.1) is 0 Å². The van der Waals surface area contributed by atoms with Gasteiger partial charge in [0.25, 0.3) is 0 Å². The van der Waals surface area contributed by atoms with Crippen molar-refractivity contribution in [2.24, 2.45) is 0 Å². The van der Waals surface area contributed by atoms with Crippen LogP contribution in [0.15, 0.2) is 125 Å². The summed E-state index contributed by atoms with van der Waals surface area (Å²) in [6, 6.07) is 34.9. The predicted octanol–water partition coefficient (Wildman–Crippen LogP) is 10.1. The fourth-order valence-electron chi connectivity index (χ4n) is 5.65. The molecule has 0 bridgehead atoms. The van der Waals surface area contributed by atoms with Gasteiger partial charge in [-0.1, -0.05) is 78.4 Å². The van der Waals surface area contributed by atoms with Gasteiger partial charge in [0, 0.05) is 33.6 Å². The van der Waals surface area contributed by atoms with Crippen LogP contribution in [0.5, 0.6) is 0 Å². The molecule has 1 unspecified atom stereocenters. The molecule has 0 saturated heterocycles. The smallest absolute Gasteiger partial charge is 0.143 e. The molecular formula is C36H29NO. The maximum atomic E-state index is 6.34. The van der Waals surface area contributed by atoms with E-state index >= 15 is 0 Å². The Balaban J connectivity index is 1.11. The van der Waals surface area contributed by atoms with E-state index in [4.69, 9.17) is 4.42 Å². The topological polar surface area (TPSA) is 25.2 Å². The number of rotatable bonds is 4. The Bertz CT molecular complexity index is 1890. The molecule has 0 saturated carbocycles. The number of anilines is 1. The molecule has 2 nitrogen and oxygen atoms in total. The number of fused-ring (bicyclic) bond motifs is 4. The summed E-state index contributed by atoms with van der Waals surface area (Å²) in [7, 11) is 0. The first kappa shape index (κ1) is 22.6. The van der Waals surface area contributed by atoms with Crippen LogP contribution in [0.3, 0.4) is 0 Å². The zero-order valence-corrected chi connectivity index (χ0v) is 21.7. The lowest BCUT2D eigenvalue weighted by molar-refractivity contribution is 0.670. The molecule has 2 heteroatoms. The number of aryl methyl sites for hydroxylation is 2. The molecule has 0 aliphatic heterocycles. The van der Waals surface area contributed by atoms with E-state index < -0.39 is 0 Å². The minimum atomic E-state index is 0.406. The van der Waals surface area contributed by atoms with E-state index in [0.29, 0.717) is 5.92 Å². The zero-order valence-electron chi connectivity index (χ0n) is 21.7. The third-order valence-electron chi connectivity index (χ3n) is 7.66. The molecule has 1 heterocycles. The second-order valence-electron chi connectivity index (χ2n) is 10.5. The maximum absolute atomic E-state index is 6.34. The van der Waals surface area contributed by atoms with Crippen molar-refractivity contribution in [3.8, 4) is 11.1 Å². The van der Waals surface area contributed by atoms with Crippen molar-refractivity contribution in [1.29, 1.82) is 0 Å². The first-order valence-electron chi connectivity index (χ1n) is 13.3. The number of hydrogen-bond acceptors (Lipinski definition) is 2. The molecule has 0 spiro atoms. The SMILES string of the molecule is Cc1ccc2oc3c(-c4ccc(NC5=CCC(c6ccc7ccccc7c6)C=C5)cc4)cc(C)cc3c2c1. The standard InChI is InChI=1S/C36H29NO/c1-23-7-18-35-33(19-23)34-21-24(2)20-32(36(34)38-35)27-12-16-31(17-13-27)37-30-14-10-26(11-15-30)29-9-8-25-5-3-4-6-28(25)22-29/h3-10,12-22,26,37H,11H2,1-2H3. The Labute approximate surface area is 222 Å². The molecule has 0 fully saturated rings. The first-order chi connectivity index (χ1) is 18.6. The summed E-state index contributed by atoms with van der Waals surface area (Å²) in [4.78, 5) is 0. The third kappa shape index (κ3) is 4.09. The molecule has 1 aromatic heterocycles. The summed E-state index contributed by atoms with van der Waals surface area (Å²) < 4.78 is 6.34. The van der Waals surface area contributed by atoms with Crippen LogP contribution in [0.1, 0.15) is 29.0 Å². The number of nitrogens with one attached hydrogen (secondary N) is 1. The molecule has 1 N–H and O–H groups in total. The predicted molar refractivity (Wildman–Crippen MR) is 161 cm³/mol. The molecular weight excluding hydrogens is 462 g/mol. The highest BCUT2D eigenvalue weighted by Crippen LogP contribution is 2.38. The summed E-state index contributed by atoms with van der Waals surface area (Å²) in [6.07, 6.45) is 7.81. The second kappa shape index (κ2) is 9.08. The van der Waals surface area contributed by atoms with E-state index in [-0.39, 0.29) is 0 Å². The average Bonchev–Trinajstić information content (AvgIpc) is 3.31. The largest absolute Gasteiger partial charge is 0.455 e. The van der Waals surface area contributed by atoms with Crippen molar-refractivity contribution < 1.29 is 4.42 Å². The van der Waals surface area contributed by atoms with E-state index in [9.17, 15) is 0 Å². The van der Waals surface area contributed by atoms with E-state index in [0.717, 1.165) is 40.1 Å². The fraction of sp³-hybridized carbons (Fsp3) is 0.111. The van der Waals surface area contributed by atoms with Gasteiger partial charge in [-0.25, -0.2) is 0 Å². The second-order valence-corrected chi connectivity index (χ2v) is 10.5. The van der Waals surface area contributed by atoms with Gasteiger partial charge in [0.15, 0.2) is 0 Å². The highest BCUT2D eigenvalue weighted by Gasteiger charge is 2.15. The van der Waals surface area contributed by atoms with Crippen LogP contribution in [0.4, 0.5) is 5.69 Å². The third-order valence-corrected chi connectivity index (χ3v) is 7.66. The highest BCUT2D eigenvalue weighted by atomic mass is 16.3. The molecule has 6 aromatic rings. The van der Waals surface area contributed by atoms with Gasteiger partial charge < -0.3 is 9.73 Å².